The second kappa shape index (κ2) is 9.68. The summed E-state index contributed by atoms with van der Waals surface area (Å²) in [4.78, 5) is 24.3. The summed E-state index contributed by atoms with van der Waals surface area (Å²) in [7, 11) is 0. The van der Waals surface area contributed by atoms with Crippen LogP contribution in [-0.4, -0.2) is 27.1 Å². The van der Waals surface area contributed by atoms with Crippen LogP contribution in [0.25, 0.3) is 10.9 Å². The largest absolute Gasteiger partial charge is 0.481 e. The van der Waals surface area contributed by atoms with Gasteiger partial charge in [0, 0.05) is 30.1 Å². The van der Waals surface area contributed by atoms with Crippen LogP contribution in [0.4, 0.5) is 13.2 Å². The van der Waals surface area contributed by atoms with E-state index in [0.29, 0.717) is 36.0 Å². The van der Waals surface area contributed by atoms with Crippen LogP contribution in [0.3, 0.4) is 0 Å². The van der Waals surface area contributed by atoms with Gasteiger partial charge in [0.05, 0.1) is 16.6 Å². The number of carboxylic acids is 1. The van der Waals surface area contributed by atoms with Crippen LogP contribution in [0.15, 0.2) is 54.7 Å². The Labute approximate surface area is 190 Å². The molecule has 176 valence electrons. The van der Waals surface area contributed by atoms with Gasteiger partial charge in [0.2, 0.25) is 0 Å². The van der Waals surface area contributed by atoms with E-state index in [9.17, 15) is 22.8 Å². The second-order valence-electron chi connectivity index (χ2n) is 8.54. The standard InChI is InChI=1S/C25H27F3N2O3/c1-3-13-24(2,14-11-21(31)32)29-23(33)20-6-4-5-18-12-15-30(22(18)20)16-17-7-9-19(10-8-17)25(26,27)28/h4-10,12,15H,3,11,13-14,16H2,1-2H3,(H,29,33)(H,31,32). The molecule has 0 aliphatic heterocycles. The van der Waals surface area contributed by atoms with Gasteiger partial charge in [-0.2, -0.15) is 13.2 Å². The molecular weight excluding hydrogens is 433 g/mol. The Bertz CT molecular complexity index is 1140. The smallest absolute Gasteiger partial charge is 0.416 e. The molecule has 3 aromatic rings. The fourth-order valence-corrected chi connectivity index (χ4v) is 4.10. The van der Waals surface area contributed by atoms with Crippen LogP contribution in [0.2, 0.25) is 0 Å². The average molecular weight is 460 g/mol. The molecule has 0 spiro atoms. The Balaban J connectivity index is 1.89. The van der Waals surface area contributed by atoms with Crippen LogP contribution in [-0.2, 0) is 17.5 Å². The normalized spacial score (nSPS) is 13.6. The summed E-state index contributed by atoms with van der Waals surface area (Å²) < 4.78 is 40.4. The van der Waals surface area contributed by atoms with E-state index in [0.717, 1.165) is 23.9 Å². The molecule has 0 bridgehead atoms. The van der Waals surface area contributed by atoms with Gasteiger partial charge >= 0.3 is 12.1 Å². The van der Waals surface area contributed by atoms with E-state index in [1.54, 1.807) is 18.3 Å². The minimum atomic E-state index is -4.39. The summed E-state index contributed by atoms with van der Waals surface area (Å²) in [5, 5.41) is 12.9. The number of aliphatic carboxylic acids is 1. The van der Waals surface area contributed by atoms with Crippen molar-refractivity contribution in [1.29, 1.82) is 0 Å². The number of aromatic nitrogens is 1. The number of benzene rings is 2. The molecule has 0 saturated carbocycles. The maximum Gasteiger partial charge on any atom is 0.416 e. The van der Waals surface area contributed by atoms with Crippen molar-refractivity contribution in [3.05, 3.63) is 71.4 Å². The van der Waals surface area contributed by atoms with Crippen LogP contribution in [0, 0.1) is 0 Å². The Kier molecular flexibility index (Phi) is 7.15. The van der Waals surface area contributed by atoms with Gasteiger partial charge in [-0.05, 0) is 49.6 Å². The van der Waals surface area contributed by atoms with E-state index in [-0.39, 0.29) is 12.3 Å². The summed E-state index contributed by atoms with van der Waals surface area (Å²) in [6.45, 7) is 4.12. The molecule has 1 atom stereocenters. The number of hydrogen-bond acceptors (Lipinski definition) is 2. The number of nitrogens with zero attached hydrogens (tertiary/aromatic N) is 1. The first-order valence-corrected chi connectivity index (χ1v) is 10.8. The molecule has 2 N–H and O–H groups in total. The molecule has 2 aromatic carbocycles. The molecule has 33 heavy (non-hydrogen) atoms. The number of carboxylic acid groups (broad SMARTS) is 1. The van der Waals surface area contributed by atoms with Gasteiger partial charge in [-0.3, -0.25) is 9.59 Å². The predicted molar refractivity (Wildman–Crippen MR) is 120 cm³/mol. The highest BCUT2D eigenvalue weighted by Gasteiger charge is 2.30. The van der Waals surface area contributed by atoms with Crippen molar-refractivity contribution < 1.29 is 27.9 Å². The minimum Gasteiger partial charge on any atom is -0.481 e. The highest BCUT2D eigenvalue weighted by atomic mass is 19.4. The van der Waals surface area contributed by atoms with Gasteiger partial charge in [-0.1, -0.05) is 37.6 Å². The molecule has 0 aliphatic carbocycles. The molecule has 5 nitrogen and oxygen atoms in total. The zero-order valence-corrected chi connectivity index (χ0v) is 18.6. The fourth-order valence-electron chi connectivity index (χ4n) is 4.10. The third-order valence-corrected chi connectivity index (χ3v) is 5.78. The van der Waals surface area contributed by atoms with E-state index >= 15 is 0 Å². The predicted octanol–water partition coefficient (Wildman–Crippen LogP) is 5.86. The minimum absolute atomic E-state index is 0.0503. The molecule has 1 aromatic heterocycles. The lowest BCUT2D eigenvalue weighted by atomic mass is 9.90. The van der Waals surface area contributed by atoms with Gasteiger partial charge in [0.15, 0.2) is 0 Å². The van der Waals surface area contributed by atoms with Crippen LogP contribution in [0.5, 0.6) is 0 Å². The summed E-state index contributed by atoms with van der Waals surface area (Å²) >= 11 is 0. The topological polar surface area (TPSA) is 71.3 Å². The van der Waals surface area contributed by atoms with Crippen molar-refractivity contribution in [2.45, 2.75) is 57.8 Å². The number of alkyl halides is 3. The lowest BCUT2D eigenvalue weighted by molar-refractivity contribution is -0.138. The maximum absolute atomic E-state index is 13.3. The fraction of sp³-hybridized carbons (Fsp3) is 0.360. The first-order valence-electron chi connectivity index (χ1n) is 10.8. The molecule has 8 heteroatoms. The number of halogens is 3. The van der Waals surface area contributed by atoms with Gasteiger partial charge in [-0.15, -0.1) is 0 Å². The lowest BCUT2D eigenvalue weighted by Crippen LogP contribution is -2.46. The second-order valence-corrected chi connectivity index (χ2v) is 8.54. The van der Waals surface area contributed by atoms with Crippen molar-refractivity contribution in [3.8, 4) is 0 Å². The lowest BCUT2D eigenvalue weighted by Gasteiger charge is -2.30. The third kappa shape index (κ3) is 5.94. The Morgan fingerprint density at radius 2 is 1.73 bits per heavy atom. The number of fused-ring (bicyclic) bond motifs is 1. The van der Waals surface area contributed by atoms with Gasteiger partial charge < -0.3 is 15.0 Å². The number of nitrogens with one attached hydrogen (secondary N) is 1. The summed E-state index contributed by atoms with van der Waals surface area (Å²) in [6.07, 6.45) is -0.917. The van der Waals surface area contributed by atoms with Crippen LogP contribution in [0.1, 0.15) is 61.0 Å². The molecule has 0 fully saturated rings. The SMILES string of the molecule is CCCC(C)(CCC(=O)O)NC(=O)c1cccc2ccn(Cc3ccc(C(F)(F)F)cc3)c12. The first kappa shape index (κ1) is 24.4. The molecule has 0 saturated heterocycles. The number of carbonyl (C=O) groups is 2. The van der Waals surface area contributed by atoms with Crippen molar-refractivity contribution in [3.63, 3.8) is 0 Å². The molecule has 3 rings (SSSR count). The van der Waals surface area contributed by atoms with Crippen molar-refractivity contribution in [2.24, 2.45) is 0 Å². The van der Waals surface area contributed by atoms with E-state index in [1.807, 2.05) is 30.5 Å². The number of para-hydroxylation sites is 1. The summed E-state index contributed by atoms with van der Waals surface area (Å²) in [5.74, 6) is -1.23. The van der Waals surface area contributed by atoms with Crippen LogP contribution < -0.4 is 5.32 Å². The summed E-state index contributed by atoms with van der Waals surface area (Å²) in [5.41, 5.74) is 0.402. The Morgan fingerprint density at radius 1 is 1.03 bits per heavy atom. The van der Waals surface area contributed by atoms with Crippen molar-refractivity contribution in [1.82, 2.24) is 9.88 Å². The number of rotatable bonds is 9. The first-order chi connectivity index (χ1) is 15.5. The average Bonchev–Trinajstić information content (AvgIpc) is 3.15. The maximum atomic E-state index is 13.3. The summed E-state index contributed by atoms with van der Waals surface area (Å²) in [6, 6.07) is 12.2. The molecule has 1 amide bonds. The third-order valence-electron chi connectivity index (χ3n) is 5.78. The highest BCUT2D eigenvalue weighted by molar-refractivity contribution is 6.06. The van der Waals surface area contributed by atoms with E-state index < -0.39 is 23.2 Å². The van der Waals surface area contributed by atoms with E-state index in [1.165, 1.54) is 12.1 Å². The molecular formula is C25H27F3N2O3. The van der Waals surface area contributed by atoms with Gasteiger partial charge in [-0.25, -0.2) is 0 Å². The van der Waals surface area contributed by atoms with Crippen molar-refractivity contribution >= 4 is 22.8 Å². The van der Waals surface area contributed by atoms with E-state index in [4.69, 9.17) is 5.11 Å². The highest BCUT2D eigenvalue weighted by Crippen LogP contribution is 2.30. The Morgan fingerprint density at radius 3 is 2.33 bits per heavy atom. The van der Waals surface area contributed by atoms with E-state index in [2.05, 4.69) is 5.32 Å². The van der Waals surface area contributed by atoms with Crippen LogP contribution >= 0.6 is 0 Å². The zero-order valence-electron chi connectivity index (χ0n) is 18.6. The number of hydrogen-bond donors (Lipinski definition) is 2. The molecule has 0 radical (unpaired) electrons. The molecule has 1 unspecified atom stereocenters. The number of amides is 1. The Hall–Kier alpha value is -3.29. The van der Waals surface area contributed by atoms with Gasteiger partial charge in [0.1, 0.15) is 0 Å². The van der Waals surface area contributed by atoms with Gasteiger partial charge in [0.25, 0.3) is 5.91 Å². The monoisotopic (exact) mass is 460 g/mol. The zero-order chi connectivity index (χ0) is 24.2. The molecule has 1 heterocycles. The quantitative estimate of drug-likeness (QED) is 0.420. The van der Waals surface area contributed by atoms with Crippen molar-refractivity contribution in [2.75, 3.05) is 0 Å². The molecule has 0 aliphatic rings. The number of carbonyl (C=O) groups excluding carboxylic acids is 1.